The second-order valence-electron chi connectivity index (χ2n) is 4.93. The fourth-order valence-electron chi connectivity index (χ4n) is 2.02. The summed E-state index contributed by atoms with van der Waals surface area (Å²) in [5.41, 5.74) is 7.86. The van der Waals surface area contributed by atoms with Crippen molar-refractivity contribution in [2.75, 3.05) is 6.54 Å². The first kappa shape index (κ1) is 14.1. The predicted octanol–water partition coefficient (Wildman–Crippen LogP) is 1.78. The number of nitrogens with zero attached hydrogens (tertiary/aromatic N) is 1. The second kappa shape index (κ2) is 6.72. The van der Waals surface area contributed by atoms with Gasteiger partial charge in [-0.3, -0.25) is 4.98 Å². The highest BCUT2D eigenvalue weighted by Gasteiger charge is 2.21. The lowest BCUT2D eigenvalue weighted by molar-refractivity contribution is 0.0855. The van der Waals surface area contributed by atoms with Crippen LogP contribution in [0.15, 0.2) is 18.3 Å². The Morgan fingerprint density at radius 1 is 1.35 bits per heavy atom. The van der Waals surface area contributed by atoms with Crippen LogP contribution in [0.25, 0.3) is 0 Å². The van der Waals surface area contributed by atoms with Crippen molar-refractivity contribution < 1.29 is 5.11 Å². The summed E-state index contributed by atoms with van der Waals surface area (Å²) in [5, 5.41) is 10.1. The maximum atomic E-state index is 10.1. The Hall–Kier alpha value is -0.930. The zero-order valence-electron chi connectivity index (χ0n) is 11.1. The SMILES string of the molecule is CCc1ccc(CC(O)C(CN)C(C)C)nc1. The van der Waals surface area contributed by atoms with Gasteiger partial charge in [0.1, 0.15) is 0 Å². The zero-order valence-corrected chi connectivity index (χ0v) is 11.1. The van der Waals surface area contributed by atoms with E-state index in [2.05, 4.69) is 31.8 Å². The van der Waals surface area contributed by atoms with Crippen LogP contribution in [0.2, 0.25) is 0 Å². The van der Waals surface area contributed by atoms with Crippen LogP contribution in [0.4, 0.5) is 0 Å². The third-order valence-electron chi connectivity index (χ3n) is 3.34. The van der Waals surface area contributed by atoms with Crippen LogP contribution in [0.1, 0.15) is 32.0 Å². The molecule has 0 aliphatic heterocycles. The molecule has 0 spiro atoms. The van der Waals surface area contributed by atoms with E-state index in [1.54, 1.807) is 0 Å². The van der Waals surface area contributed by atoms with Crippen molar-refractivity contribution in [1.29, 1.82) is 0 Å². The van der Waals surface area contributed by atoms with Crippen molar-refractivity contribution >= 4 is 0 Å². The molecular formula is C14H24N2O. The lowest BCUT2D eigenvalue weighted by Crippen LogP contribution is -2.33. The number of aliphatic hydroxyl groups excluding tert-OH is 1. The number of nitrogens with two attached hydrogens (primary N) is 1. The summed E-state index contributed by atoms with van der Waals surface area (Å²) in [4.78, 5) is 4.36. The van der Waals surface area contributed by atoms with Crippen LogP contribution in [0.3, 0.4) is 0 Å². The average molecular weight is 236 g/mol. The highest BCUT2D eigenvalue weighted by molar-refractivity contribution is 5.14. The lowest BCUT2D eigenvalue weighted by Gasteiger charge is -2.24. The fraction of sp³-hybridized carbons (Fsp3) is 0.643. The molecule has 1 heterocycles. The zero-order chi connectivity index (χ0) is 12.8. The first-order valence-corrected chi connectivity index (χ1v) is 6.40. The summed E-state index contributed by atoms with van der Waals surface area (Å²) >= 11 is 0. The molecule has 3 heteroatoms. The van der Waals surface area contributed by atoms with E-state index in [9.17, 15) is 5.11 Å². The van der Waals surface area contributed by atoms with Crippen LogP contribution in [0, 0.1) is 11.8 Å². The molecule has 96 valence electrons. The Morgan fingerprint density at radius 3 is 2.47 bits per heavy atom. The van der Waals surface area contributed by atoms with E-state index in [-0.39, 0.29) is 5.92 Å². The molecule has 0 amide bonds. The van der Waals surface area contributed by atoms with Gasteiger partial charge >= 0.3 is 0 Å². The Morgan fingerprint density at radius 2 is 2.06 bits per heavy atom. The van der Waals surface area contributed by atoms with Crippen molar-refractivity contribution in [2.24, 2.45) is 17.6 Å². The van der Waals surface area contributed by atoms with Gasteiger partial charge in [0, 0.05) is 18.3 Å². The molecule has 0 fully saturated rings. The number of aromatic nitrogens is 1. The molecule has 0 saturated carbocycles. The number of pyridine rings is 1. The van der Waals surface area contributed by atoms with Crippen molar-refractivity contribution in [3.63, 3.8) is 0 Å². The number of aliphatic hydroxyl groups is 1. The van der Waals surface area contributed by atoms with E-state index in [1.165, 1.54) is 5.56 Å². The van der Waals surface area contributed by atoms with Gasteiger partial charge in [-0.2, -0.15) is 0 Å². The van der Waals surface area contributed by atoms with Gasteiger partial charge in [-0.25, -0.2) is 0 Å². The number of rotatable bonds is 6. The summed E-state index contributed by atoms with van der Waals surface area (Å²) in [7, 11) is 0. The van der Waals surface area contributed by atoms with Gasteiger partial charge in [-0.05, 0) is 36.4 Å². The van der Waals surface area contributed by atoms with Gasteiger partial charge < -0.3 is 10.8 Å². The first-order chi connectivity index (χ1) is 8.08. The Kier molecular flexibility index (Phi) is 5.59. The molecule has 1 aromatic heterocycles. The minimum Gasteiger partial charge on any atom is -0.392 e. The van der Waals surface area contributed by atoms with E-state index < -0.39 is 6.10 Å². The maximum absolute atomic E-state index is 10.1. The summed E-state index contributed by atoms with van der Waals surface area (Å²) < 4.78 is 0. The van der Waals surface area contributed by atoms with E-state index >= 15 is 0 Å². The summed E-state index contributed by atoms with van der Waals surface area (Å²) in [6, 6.07) is 4.07. The van der Waals surface area contributed by atoms with Crippen molar-refractivity contribution in [2.45, 2.75) is 39.7 Å². The van der Waals surface area contributed by atoms with E-state index in [0.29, 0.717) is 18.9 Å². The standard InChI is InChI=1S/C14H24N2O/c1-4-11-5-6-12(16-9-11)7-14(17)13(8-15)10(2)3/h5-6,9-10,13-14,17H,4,7-8,15H2,1-3H3. The molecule has 0 aliphatic carbocycles. The smallest absolute Gasteiger partial charge is 0.0638 e. The monoisotopic (exact) mass is 236 g/mol. The van der Waals surface area contributed by atoms with Gasteiger partial charge in [0.15, 0.2) is 0 Å². The third-order valence-corrected chi connectivity index (χ3v) is 3.34. The number of hydrogen-bond acceptors (Lipinski definition) is 3. The average Bonchev–Trinajstić information content (AvgIpc) is 2.30. The molecule has 0 radical (unpaired) electrons. The molecule has 3 N–H and O–H groups in total. The fourth-order valence-corrected chi connectivity index (χ4v) is 2.02. The van der Waals surface area contributed by atoms with Gasteiger partial charge in [-0.1, -0.05) is 26.8 Å². The molecule has 3 nitrogen and oxygen atoms in total. The summed E-state index contributed by atoms with van der Waals surface area (Å²) in [6.45, 7) is 6.81. The molecule has 2 atom stereocenters. The molecule has 1 rings (SSSR count). The number of hydrogen-bond donors (Lipinski definition) is 2. The van der Waals surface area contributed by atoms with E-state index in [4.69, 9.17) is 5.73 Å². The Labute approximate surface area is 104 Å². The van der Waals surface area contributed by atoms with Gasteiger partial charge in [0.25, 0.3) is 0 Å². The molecule has 17 heavy (non-hydrogen) atoms. The van der Waals surface area contributed by atoms with Crippen LogP contribution in [-0.2, 0) is 12.8 Å². The molecule has 0 aliphatic rings. The molecule has 0 saturated heterocycles. The van der Waals surface area contributed by atoms with Crippen molar-refractivity contribution in [1.82, 2.24) is 4.98 Å². The normalized spacial score (nSPS) is 14.9. The van der Waals surface area contributed by atoms with Crippen LogP contribution < -0.4 is 5.73 Å². The molecule has 0 aromatic carbocycles. The van der Waals surface area contributed by atoms with E-state index in [1.807, 2.05) is 12.3 Å². The lowest BCUT2D eigenvalue weighted by atomic mass is 9.88. The molecule has 1 aromatic rings. The van der Waals surface area contributed by atoms with Crippen LogP contribution >= 0.6 is 0 Å². The van der Waals surface area contributed by atoms with Gasteiger partial charge in [0.05, 0.1) is 6.10 Å². The third kappa shape index (κ3) is 4.10. The largest absolute Gasteiger partial charge is 0.392 e. The van der Waals surface area contributed by atoms with Gasteiger partial charge in [0.2, 0.25) is 0 Å². The minimum absolute atomic E-state index is 0.141. The summed E-state index contributed by atoms with van der Waals surface area (Å²) in [5.74, 6) is 0.535. The highest BCUT2D eigenvalue weighted by atomic mass is 16.3. The molecule has 2 unspecified atom stereocenters. The predicted molar refractivity (Wildman–Crippen MR) is 70.7 cm³/mol. The molecule has 0 bridgehead atoms. The van der Waals surface area contributed by atoms with Crippen molar-refractivity contribution in [3.05, 3.63) is 29.6 Å². The molecular weight excluding hydrogens is 212 g/mol. The van der Waals surface area contributed by atoms with Crippen LogP contribution in [0.5, 0.6) is 0 Å². The number of aryl methyl sites for hydroxylation is 1. The second-order valence-corrected chi connectivity index (χ2v) is 4.93. The minimum atomic E-state index is -0.403. The van der Waals surface area contributed by atoms with Crippen LogP contribution in [-0.4, -0.2) is 22.7 Å². The summed E-state index contributed by atoms with van der Waals surface area (Å²) in [6.07, 6.45) is 3.06. The Bertz CT molecular complexity index is 321. The first-order valence-electron chi connectivity index (χ1n) is 6.40. The Balaban J connectivity index is 2.63. The quantitative estimate of drug-likeness (QED) is 0.791. The highest BCUT2D eigenvalue weighted by Crippen LogP contribution is 2.17. The van der Waals surface area contributed by atoms with E-state index in [0.717, 1.165) is 12.1 Å². The van der Waals surface area contributed by atoms with Gasteiger partial charge in [-0.15, -0.1) is 0 Å². The maximum Gasteiger partial charge on any atom is 0.0638 e. The van der Waals surface area contributed by atoms with Crippen molar-refractivity contribution in [3.8, 4) is 0 Å². The topological polar surface area (TPSA) is 59.1 Å².